The predicted octanol–water partition coefficient (Wildman–Crippen LogP) is 3.69. The first kappa shape index (κ1) is 16.3. The van der Waals surface area contributed by atoms with E-state index in [1.165, 1.54) is 18.2 Å². The van der Waals surface area contributed by atoms with Crippen LogP contribution in [0.1, 0.15) is 47.9 Å². The highest BCUT2D eigenvalue weighted by Gasteiger charge is 2.35. The minimum absolute atomic E-state index is 0.0135. The molecule has 134 valence electrons. The average Bonchev–Trinajstić information content (AvgIpc) is 2.55. The lowest BCUT2D eigenvalue weighted by Gasteiger charge is -2.32. The Bertz CT molecular complexity index is 957. The van der Waals surface area contributed by atoms with E-state index in [0.717, 1.165) is 0 Å². The maximum absolute atomic E-state index is 12.6. The summed E-state index contributed by atoms with van der Waals surface area (Å²) in [6.07, 6.45) is 3.05. The number of Topliss-reactive ketones (excluding diaryl/α,β-unsaturated/α-hetero) is 1. The first-order valence-corrected chi connectivity index (χ1v) is 8.25. The largest absolute Gasteiger partial charge is 0.507 e. The summed E-state index contributed by atoms with van der Waals surface area (Å²) < 4.78 is 11.9. The monoisotopic (exact) mass is 354 g/mol. The van der Waals surface area contributed by atoms with Crippen molar-refractivity contribution in [1.29, 1.82) is 0 Å². The van der Waals surface area contributed by atoms with Crippen molar-refractivity contribution in [2.75, 3.05) is 0 Å². The molecule has 2 aliphatic rings. The molecule has 0 amide bonds. The summed E-state index contributed by atoms with van der Waals surface area (Å²) in [5, 5.41) is 29.5. The molecule has 26 heavy (non-hydrogen) atoms. The van der Waals surface area contributed by atoms with Crippen molar-refractivity contribution in [2.24, 2.45) is 0 Å². The van der Waals surface area contributed by atoms with Crippen molar-refractivity contribution in [3.05, 3.63) is 47.0 Å². The number of hydrogen-bond acceptors (Lipinski definition) is 6. The Morgan fingerprint density at radius 1 is 1.08 bits per heavy atom. The fourth-order valence-electron chi connectivity index (χ4n) is 3.25. The summed E-state index contributed by atoms with van der Waals surface area (Å²) in [5.74, 6) is -0.266. The predicted molar refractivity (Wildman–Crippen MR) is 93.9 cm³/mol. The number of ketones is 1. The van der Waals surface area contributed by atoms with Gasteiger partial charge in [0.25, 0.3) is 0 Å². The van der Waals surface area contributed by atoms with Gasteiger partial charge in [-0.2, -0.15) is 0 Å². The number of fused-ring (bicyclic) bond motifs is 3. The highest BCUT2D eigenvalue weighted by atomic mass is 16.5. The number of hydrogen-bond donors (Lipinski definition) is 3. The van der Waals surface area contributed by atoms with E-state index in [1.807, 2.05) is 26.0 Å². The van der Waals surface area contributed by atoms with Crippen LogP contribution in [-0.4, -0.2) is 26.7 Å². The highest BCUT2D eigenvalue weighted by molar-refractivity contribution is 6.04. The highest BCUT2D eigenvalue weighted by Crippen LogP contribution is 2.48. The Hall–Kier alpha value is -3.15. The molecule has 2 heterocycles. The van der Waals surface area contributed by atoms with Crippen molar-refractivity contribution < 1.29 is 29.6 Å². The van der Waals surface area contributed by atoms with E-state index >= 15 is 0 Å². The summed E-state index contributed by atoms with van der Waals surface area (Å²) in [6, 6.07) is 5.73. The Balaban J connectivity index is 1.81. The number of aromatic hydroxyl groups is 3. The van der Waals surface area contributed by atoms with Crippen LogP contribution in [0.25, 0.3) is 6.08 Å². The molecule has 0 unspecified atom stereocenters. The van der Waals surface area contributed by atoms with Gasteiger partial charge in [0, 0.05) is 6.07 Å². The minimum Gasteiger partial charge on any atom is -0.507 e. The second kappa shape index (κ2) is 5.42. The van der Waals surface area contributed by atoms with Crippen LogP contribution in [0, 0.1) is 0 Å². The van der Waals surface area contributed by atoms with Crippen molar-refractivity contribution in [3.63, 3.8) is 0 Å². The number of carbonyl (C=O) groups is 1. The molecule has 2 aromatic carbocycles. The standard InChI is InChI=1S/C20H18O6/c1-20(2)6-5-11-17(26-20)9-15(24)18-14(23)8-16(25-19(11)18)10-3-4-12(21)13(22)7-10/h3-7,9,16,21-22,24H,8H2,1-2H3/t16-/m0/s1. The Kier molecular flexibility index (Phi) is 3.41. The van der Waals surface area contributed by atoms with E-state index in [-0.39, 0.29) is 40.8 Å². The fraction of sp³-hybridized carbons (Fsp3) is 0.250. The smallest absolute Gasteiger partial charge is 0.174 e. The van der Waals surface area contributed by atoms with Crippen molar-refractivity contribution in [3.8, 4) is 28.7 Å². The molecule has 3 N–H and O–H groups in total. The van der Waals surface area contributed by atoms with Gasteiger partial charge in [-0.1, -0.05) is 6.07 Å². The van der Waals surface area contributed by atoms with Gasteiger partial charge in [-0.3, -0.25) is 4.79 Å². The summed E-state index contributed by atoms with van der Waals surface area (Å²) in [4.78, 5) is 12.6. The third-order valence-corrected chi connectivity index (χ3v) is 4.57. The normalized spacial score (nSPS) is 19.9. The molecule has 1 atom stereocenters. The van der Waals surface area contributed by atoms with Gasteiger partial charge in [0.1, 0.15) is 34.5 Å². The molecule has 0 fully saturated rings. The second-order valence-electron chi connectivity index (χ2n) is 7.03. The molecule has 0 spiro atoms. The van der Waals surface area contributed by atoms with Gasteiger partial charge in [-0.25, -0.2) is 0 Å². The van der Waals surface area contributed by atoms with Crippen LogP contribution in [0.5, 0.6) is 28.7 Å². The van der Waals surface area contributed by atoms with Crippen LogP contribution in [-0.2, 0) is 0 Å². The summed E-state index contributed by atoms with van der Waals surface area (Å²) in [5.41, 5.74) is 0.751. The number of phenolic OH excluding ortho intramolecular Hbond substituents is 3. The molecule has 6 heteroatoms. The van der Waals surface area contributed by atoms with Crippen LogP contribution in [0.15, 0.2) is 30.3 Å². The first-order chi connectivity index (χ1) is 12.2. The van der Waals surface area contributed by atoms with Gasteiger partial charge >= 0.3 is 0 Å². The summed E-state index contributed by atoms with van der Waals surface area (Å²) >= 11 is 0. The van der Waals surface area contributed by atoms with Crippen molar-refractivity contribution in [1.82, 2.24) is 0 Å². The maximum Gasteiger partial charge on any atom is 0.174 e. The van der Waals surface area contributed by atoms with Crippen LogP contribution >= 0.6 is 0 Å². The van der Waals surface area contributed by atoms with E-state index < -0.39 is 11.7 Å². The van der Waals surface area contributed by atoms with Gasteiger partial charge in [0.2, 0.25) is 0 Å². The number of rotatable bonds is 1. The van der Waals surface area contributed by atoms with Crippen LogP contribution in [0.2, 0.25) is 0 Å². The molecular weight excluding hydrogens is 336 g/mol. The Labute approximate surface area is 149 Å². The average molecular weight is 354 g/mol. The lowest BCUT2D eigenvalue weighted by molar-refractivity contribution is 0.0841. The molecular formula is C20H18O6. The molecule has 0 bridgehead atoms. The molecule has 0 aliphatic carbocycles. The zero-order chi connectivity index (χ0) is 18.6. The lowest BCUT2D eigenvalue weighted by atomic mass is 9.91. The third kappa shape index (κ3) is 2.54. The van der Waals surface area contributed by atoms with Crippen LogP contribution in [0.4, 0.5) is 0 Å². The molecule has 4 rings (SSSR count). The third-order valence-electron chi connectivity index (χ3n) is 4.57. The van der Waals surface area contributed by atoms with Gasteiger partial charge in [-0.05, 0) is 43.7 Å². The SMILES string of the molecule is CC1(C)C=Cc2c(cc(O)c3c2O[C@H](c2ccc(O)c(O)c2)CC3=O)O1. The lowest BCUT2D eigenvalue weighted by Crippen LogP contribution is -2.29. The first-order valence-electron chi connectivity index (χ1n) is 8.25. The summed E-state index contributed by atoms with van der Waals surface area (Å²) in [6.45, 7) is 3.77. The number of ether oxygens (including phenoxy) is 2. The van der Waals surface area contributed by atoms with E-state index in [4.69, 9.17) is 9.47 Å². The maximum atomic E-state index is 12.6. The zero-order valence-electron chi connectivity index (χ0n) is 14.3. The van der Waals surface area contributed by atoms with Gasteiger partial charge in [-0.15, -0.1) is 0 Å². The number of carbonyl (C=O) groups excluding carboxylic acids is 1. The Morgan fingerprint density at radius 2 is 1.85 bits per heavy atom. The van der Waals surface area contributed by atoms with E-state index in [1.54, 1.807) is 6.07 Å². The van der Waals surface area contributed by atoms with E-state index in [9.17, 15) is 20.1 Å². The molecule has 6 nitrogen and oxygen atoms in total. The van der Waals surface area contributed by atoms with Crippen molar-refractivity contribution >= 4 is 11.9 Å². The molecule has 2 aromatic rings. The van der Waals surface area contributed by atoms with Gasteiger partial charge < -0.3 is 24.8 Å². The molecule has 0 saturated heterocycles. The minimum atomic E-state index is -0.643. The van der Waals surface area contributed by atoms with Crippen molar-refractivity contribution in [2.45, 2.75) is 32.0 Å². The molecule has 0 aromatic heterocycles. The topological polar surface area (TPSA) is 96.2 Å². The number of phenols is 3. The van der Waals surface area contributed by atoms with Crippen LogP contribution < -0.4 is 9.47 Å². The Morgan fingerprint density at radius 3 is 2.58 bits per heavy atom. The van der Waals surface area contributed by atoms with E-state index in [2.05, 4.69) is 0 Å². The molecule has 2 aliphatic heterocycles. The van der Waals surface area contributed by atoms with Crippen LogP contribution in [0.3, 0.4) is 0 Å². The number of benzene rings is 2. The quantitative estimate of drug-likeness (QED) is 0.676. The van der Waals surface area contributed by atoms with Gasteiger partial charge in [0.05, 0.1) is 12.0 Å². The second-order valence-corrected chi connectivity index (χ2v) is 7.03. The summed E-state index contributed by atoms with van der Waals surface area (Å²) in [7, 11) is 0. The van der Waals surface area contributed by atoms with Gasteiger partial charge in [0.15, 0.2) is 17.3 Å². The zero-order valence-corrected chi connectivity index (χ0v) is 14.3. The molecule has 0 saturated carbocycles. The fourth-order valence-corrected chi connectivity index (χ4v) is 3.25. The van der Waals surface area contributed by atoms with E-state index in [0.29, 0.717) is 16.9 Å². The molecule has 0 radical (unpaired) electrons.